The summed E-state index contributed by atoms with van der Waals surface area (Å²) in [7, 11) is 0. The third kappa shape index (κ3) is 4.45. The highest BCUT2D eigenvalue weighted by Crippen LogP contribution is 2.11. The van der Waals surface area contributed by atoms with Gasteiger partial charge in [0.1, 0.15) is 0 Å². The molecule has 0 aliphatic heterocycles. The summed E-state index contributed by atoms with van der Waals surface area (Å²) in [5.41, 5.74) is 1.12. The number of esters is 1. The van der Waals surface area contributed by atoms with Gasteiger partial charge in [-0.2, -0.15) is 0 Å². The van der Waals surface area contributed by atoms with Gasteiger partial charge >= 0.3 is 5.97 Å². The molecule has 6 heteroatoms. The second-order valence-electron chi connectivity index (χ2n) is 4.40. The quantitative estimate of drug-likeness (QED) is 0.826. The number of nitrogens with zero attached hydrogens (tertiary/aromatic N) is 2. The maximum absolute atomic E-state index is 11.8. The summed E-state index contributed by atoms with van der Waals surface area (Å²) in [4.78, 5) is 27.2. The lowest BCUT2D eigenvalue weighted by Gasteiger charge is -2.07. The number of carbonyl (C=O) groups excluding carboxylic acids is 2. The van der Waals surface area contributed by atoms with Crippen molar-refractivity contribution in [3.8, 4) is 0 Å². The molecule has 2 aromatic rings. The van der Waals surface area contributed by atoms with Crippen molar-refractivity contribution in [3.63, 3.8) is 0 Å². The van der Waals surface area contributed by atoms with E-state index in [0.29, 0.717) is 30.8 Å². The molecule has 1 N–H and O–H groups in total. The van der Waals surface area contributed by atoms with Gasteiger partial charge in [0, 0.05) is 31.0 Å². The standard InChI is InChI=1S/C15H17N3O3/c1-2-21-15(20)12-3-5-13(6-4-12)17-14(19)7-9-18-10-8-16-11-18/h3-6,8,10-11H,2,7,9H2,1H3,(H,17,19). The van der Waals surface area contributed by atoms with E-state index in [1.807, 2.05) is 4.57 Å². The van der Waals surface area contributed by atoms with E-state index in [1.165, 1.54) is 0 Å². The largest absolute Gasteiger partial charge is 0.462 e. The number of rotatable bonds is 6. The van der Waals surface area contributed by atoms with Crippen molar-refractivity contribution in [2.24, 2.45) is 0 Å². The Labute approximate surface area is 122 Å². The normalized spacial score (nSPS) is 10.1. The van der Waals surface area contributed by atoms with E-state index in [-0.39, 0.29) is 11.9 Å². The zero-order chi connectivity index (χ0) is 15.1. The minimum Gasteiger partial charge on any atom is -0.462 e. The Bertz CT molecular complexity index is 591. The SMILES string of the molecule is CCOC(=O)c1ccc(NC(=O)CCn2ccnc2)cc1. The first-order valence-electron chi connectivity index (χ1n) is 6.72. The number of amides is 1. The van der Waals surface area contributed by atoms with E-state index in [0.717, 1.165) is 0 Å². The van der Waals surface area contributed by atoms with Crippen LogP contribution in [0.25, 0.3) is 0 Å². The lowest BCUT2D eigenvalue weighted by atomic mass is 10.2. The summed E-state index contributed by atoms with van der Waals surface area (Å²) >= 11 is 0. The summed E-state index contributed by atoms with van der Waals surface area (Å²) in [5.74, 6) is -0.455. The number of anilines is 1. The molecule has 1 aromatic carbocycles. The molecule has 0 saturated heterocycles. The van der Waals surface area contributed by atoms with Gasteiger partial charge in [0.15, 0.2) is 0 Å². The van der Waals surface area contributed by atoms with E-state index in [1.54, 1.807) is 49.9 Å². The van der Waals surface area contributed by atoms with Crippen molar-refractivity contribution in [3.05, 3.63) is 48.5 Å². The van der Waals surface area contributed by atoms with Crippen LogP contribution >= 0.6 is 0 Å². The van der Waals surface area contributed by atoms with Crippen LogP contribution in [0.15, 0.2) is 43.0 Å². The number of carbonyl (C=O) groups is 2. The van der Waals surface area contributed by atoms with E-state index in [9.17, 15) is 9.59 Å². The summed E-state index contributed by atoms with van der Waals surface area (Å²) in [6.07, 6.45) is 5.50. The van der Waals surface area contributed by atoms with Crippen LogP contribution in [0.2, 0.25) is 0 Å². The molecule has 110 valence electrons. The van der Waals surface area contributed by atoms with Crippen molar-refractivity contribution in [1.29, 1.82) is 0 Å². The van der Waals surface area contributed by atoms with Gasteiger partial charge in [0.2, 0.25) is 5.91 Å². The van der Waals surface area contributed by atoms with Crippen LogP contribution in [0.3, 0.4) is 0 Å². The first-order valence-corrected chi connectivity index (χ1v) is 6.72. The third-order valence-corrected chi connectivity index (χ3v) is 2.84. The fourth-order valence-electron chi connectivity index (χ4n) is 1.78. The molecule has 0 spiro atoms. The maximum Gasteiger partial charge on any atom is 0.338 e. The second-order valence-corrected chi connectivity index (χ2v) is 4.40. The molecule has 1 amide bonds. The lowest BCUT2D eigenvalue weighted by Crippen LogP contribution is -2.14. The Balaban J connectivity index is 1.85. The monoisotopic (exact) mass is 287 g/mol. The zero-order valence-electron chi connectivity index (χ0n) is 11.8. The predicted molar refractivity (Wildman–Crippen MR) is 77.9 cm³/mol. The van der Waals surface area contributed by atoms with E-state index < -0.39 is 0 Å². The number of aromatic nitrogens is 2. The lowest BCUT2D eigenvalue weighted by molar-refractivity contribution is -0.116. The summed E-state index contributed by atoms with van der Waals surface area (Å²) in [5, 5.41) is 2.78. The topological polar surface area (TPSA) is 73.2 Å². The molecule has 0 aliphatic rings. The summed E-state index contributed by atoms with van der Waals surface area (Å²) in [6, 6.07) is 6.62. The molecule has 1 aromatic heterocycles. The highest BCUT2D eigenvalue weighted by molar-refractivity contribution is 5.93. The zero-order valence-corrected chi connectivity index (χ0v) is 11.8. The third-order valence-electron chi connectivity index (χ3n) is 2.84. The molecular formula is C15H17N3O3. The van der Waals surface area contributed by atoms with Crippen LogP contribution in [0, 0.1) is 0 Å². The molecule has 2 rings (SSSR count). The second kappa shape index (κ2) is 7.23. The highest BCUT2D eigenvalue weighted by Gasteiger charge is 2.07. The van der Waals surface area contributed by atoms with Crippen molar-refractivity contribution >= 4 is 17.6 Å². The Hall–Kier alpha value is -2.63. The van der Waals surface area contributed by atoms with Gasteiger partial charge in [-0.3, -0.25) is 4.79 Å². The van der Waals surface area contributed by atoms with Gasteiger partial charge < -0.3 is 14.6 Å². The van der Waals surface area contributed by atoms with Crippen molar-refractivity contribution < 1.29 is 14.3 Å². The molecule has 0 unspecified atom stereocenters. The Morgan fingerprint density at radius 2 is 2.05 bits per heavy atom. The Kier molecular flexibility index (Phi) is 5.09. The van der Waals surface area contributed by atoms with Gasteiger partial charge in [-0.05, 0) is 31.2 Å². The smallest absolute Gasteiger partial charge is 0.338 e. The number of hydrogen-bond donors (Lipinski definition) is 1. The number of nitrogens with one attached hydrogen (secondary N) is 1. The van der Waals surface area contributed by atoms with Gasteiger partial charge in [0.05, 0.1) is 18.5 Å². The summed E-state index contributed by atoms with van der Waals surface area (Å²) < 4.78 is 6.73. The fourth-order valence-corrected chi connectivity index (χ4v) is 1.78. The van der Waals surface area contributed by atoms with Crippen LogP contribution in [0.1, 0.15) is 23.7 Å². The van der Waals surface area contributed by atoms with Crippen LogP contribution in [-0.2, 0) is 16.1 Å². The first-order chi connectivity index (χ1) is 10.2. The predicted octanol–water partition coefficient (Wildman–Crippen LogP) is 2.09. The van der Waals surface area contributed by atoms with Gasteiger partial charge in [-0.25, -0.2) is 9.78 Å². The van der Waals surface area contributed by atoms with E-state index >= 15 is 0 Å². The number of hydrogen-bond acceptors (Lipinski definition) is 4. The minimum absolute atomic E-state index is 0.0902. The molecule has 1 heterocycles. The molecule has 0 bridgehead atoms. The van der Waals surface area contributed by atoms with Crippen LogP contribution in [0.4, 0.5) is 5.69 Å². The van der Waals surface area contributed by atoms with E-state index in [4.69, 9.17) is 4.74 Å². The Morgan fingerprint density at radius 1 is 1.29 bits per heavy atom. The van der Waals surface area contributed by atoms with E-state index in [2.05, 4.69) is 10.3 Å². The van der Waals surface area contributed by atoms with Crippen molar-refractivity contribution in [2.45, 2.75) is 19.9 Å². The van der Waals surface area contributed by atoms with Crippen molar-refractivity contribution in [1.82, 2.24) is 9.55 Å². The summed E-state index contributed by atoms with van der Waals surface area (Å²) in [6.45, 7) is 2.67. The first kappa shape index (κ1) is 14.8. The minimum atomic E-state index is -0.365. The maximum atomic E-state index is 11.8. The molecule has 0 fully saturated rings. The average Bonchev–Trinajstić information content (AvgIpc) is 2.99. The highest BCUT2D eigenvalue weighted by atomic mass is 16.5. The molecular weight excluding hydrogens is 270 g/mol. The molecule has 0 aliphatic carbocycles. The van der Waals surface area contributed by atoms with Crippen LogP contribution < -0.4 is 5.32 Å². The van der Waals surface area contributed by atoms with Gasteiger partial charge in [-0.15, -0.1) is 0 Å². The molecule has 6 nitrogen and oxygen atoms in total. The van der Waals surface area contributed by atoms with Crippen molar-refractivity contribution in [2.75, 3.05) is 11.9 Å². The molecule has 0 saturated carbocycles. The number of aryl methyl sites for hydroxylation is 1. The number of benzene rings is 1. The average molecular weight is 287 g/mol. The number of imidazole rings is 1. The van der Waals surface area contributed by atoms with Gasteiger partial charge in [0.25, 0.3) is 0 Å². The van der Waals surface area contributed by atoms with Crippen LogP contribution in [0.5, 0.6) is 0 Å². The molecule has 0 radical (unpaired) electrons. The number of ether oxygens (including phenoxy) is 1. The molecule has 21 heavy (non-hydrogen) atoms. The van der Waals surface area contributed by atoms with Gasteiger partial charge in [-0.1, -0.05) is 0 Å². The molecule has 0 atom stereocenters. The van der Waals surface area contributed by atoms with Crippen LogP contribution in [-0.4, -0.2) is 28.0 Å². The fraction of sp³-hybridized carbons (Fsp3) is 0.267. The Morgan fingerprint density at radius 3 is 2.67 bits per heavy atom.